The summed E-state index contributed by atoms with van der Waals surface area (Å²) >= 11 is 0. The maximum atomic E-state index is 11.3. The van der Waals surface area contributed by atoms with Crippen molar-refractivity contribution in [3.05, 3.63) is 51.3 Å². The lowest BCUT2D eigenvalue weighted by Gasteiger charge is -1.96. The highest BCUT2D eigenvalue weighted by atomic mass is 16.1. The summed E-state index contributed by atoms with van der Waals surface area (Å²) in [5, 5.41) is 4.44. The van der Waals surface area contributed by atoms with Crippen molar-refractivity contribution < 1.29 is 0 Å². The third kappa shape index (κ3) is 1.47. The number of hydrogen-bond acceptors (Lipinski definition) is 3. The second-order valence-electron chi connectivity index (χ2n) is 2.74. The zero-order valence-corrected chi connectivity index (χ0v) is 7.15. The van der Waals surface area contributed by atoms with Crippen LogP contribution in [0.25, 0.3) is 11.1 Å². The fourth-order valence-corrected chi connectivity index (χ4v) is 1.15. The molecule has 0 saturated carbocycles. The first kappa shape index (κ1) is 8.43. The Morgan fingerprint density at radius 3 is 2.79 bits per heavy atom. The molecule has 14 heavy (non-hydrogen) atoms. The van der Waals surface area contributed by atoms with Crippen LogP contribution in [0, 0.1) is 0 Å². The molecule has 0 unspecified atom stereocenters. The molecule has 2 heterocycles. The molecule has 0 spiro atoms. The van der Waals surface area contributed by atoms with Gasteiger partial charge in [-0.1, -0.05) is 6.07 Å². The number of pyridine rings is 1. The standard InChI is InChI=1S/C9H7N3O2/c13-8-4-7(9(14)12-11-8)6-2-1-3-10-5-6/h1-5H,(H,11,13)(H,12,14). The molecule has 70 valence electrons. The minimum atomic E-state index is -0.344. The minimum absolute atomic E-state index is 0.321. The number of nitrogens with one attached hydrogen (secondary N) is 2. The molecule has 2 rings (SSSR count). The molecular formula is C9H7N3O2. The minimum Gasteiger partial charge on any atom is -0.268 e. The molecule has 0 atom stereocenters. The summed E-state index contributed by atoms with van der Waals surface area (Å²) < 4.78 is 0. The van der Waals surface area contributed by atoms with Gasteiger partial charge in [0.15, 0.2) is 0 Å². The lowest BCUT2D eigenvalue weighted by molar-refractivity contribution is 0.954. The second-order valence-corrected chi connectivity index (χ2v) is 2.74. The third-order valence-corrected chi connectivity index (χ3v) is 1.79. The molecule has 5 nitrogen and oxygen atoms in total. The van der Waals surface area contributed by atoms with Crippen LogP contribution >= 0.6 is 0 Å². The van der Waals surface area contributed by atoms with Gasteiger partial charge in [-0.2, -0.15) is 0 Å². The predicted molar refractivity (Wildman–Crippen MR) is 50.9 cm³/mol. The third-order valence-electron chi connectivity index (χ3n) is 1.79. The van der Waals surface area contributed by atoms with E-state index in [4.69, 9.17) is 0 Å². The number of H-pyrrole nitrogens is 2. The van der Waals surface area contributed by atoms with Gasteiger partial charge in [-0.25, -0.2) is 0 Å². The summed E-state index contributed by atoms with van der Waals surface area (Å²) in [7, 11) is 0. The summed E-state index contributed by atoms with van der Waals surface area (Å²) in [4.78, 5) is 26.2. The van der Waals surface area contributed by atoms with Gasteiger partial charge >= 0.3 is 0 Å². The Hall–Kier alpha value is -2.17. The fraction of sp³-hybridized carbons (Fsp3) is 0. The first-order chi connectivity index (χ1) is 6.77. The zero-order valence-electron chi connectivity index (χ0n) is 7.15. The number of aromatic amines is 2. The van der Waals surface area contributed by atoms with Crippen LogP contribution in [0.15, 0.2) is 40.2 Å². The smallest absolute Gasteiger partial charge is 0.268 e. The summed E-state index contributed by atoms with van der Waals surface area (Å²) in [6.45, 7) is 0. The van der Waals surface area contributed by atoms with E-state index in [-0.39, 0.29) is 11.1 Å². The van der Waals surface area contributed by atoms with Crippen molar-refractivity contribution in [2.45, 2.75) is 0 Å². The first-order valence-electron chi connectivity index (χ1n) is 4.00. The van der Waals surface area contributed by atoms with Crippen LogP contribution in [-0.2, 0) is 0 Å². The van der Waals surface area contributed by atoms with Crippen LogP contribution in [-0.4, -0.2) is 15.2 Å². The molecule has 0 fully saturated rings. The van der Waals surface area contributed by atoms with Gasteiger partial charge in [0.1, 0.15) is 0 Å². The van der Waals surface area contributed by atoms with E-state index < -0.39 is 0 Å². The highest BCUT2D eigenvalue weighted by Crippen LogP contribution is 2.09. The highest BCUT2D eigenvalue weighted by Gasteiger charge is 2.02. The second kappa shape index (κ2) is 3.29. The molecule has 0 aromatic carbocycles. The number of aromatic nitrogens is 3. The van der Waals surface area contributed by atoms with Crippen molar-refractivity contribution >= 4 is 0 Å². The van der Waals surface area contributed by atoms with Gasteiger partial charge in [0.05, 0.1) is 5.56 Å². The van der Waals surface area contributed by atoms with E-state index in [9.17, 15) is 9.59 Å². The van der Waals surface area contributed by atoms with Crippen molar-refractivity contribution in [3.63, 3.8) is 0 Å². The monoisotopic (exact) mass is 189 g/mol. The molecule has 0 aliphatic carbocycles. The Morgan fingerprint density at radius 1 is 1.21 bits per heavy atom. The Bertz CT molecular complexity index is 542. The van der Waals surface area contributed by atoms with E-state index in [1.54, 1.807) is 18.3 Å². The van der Waals surface area contributed by atoms with E-state index in [0.29, 0.717) is 11.1 Å². The fourth-order valence-electron chi connectivity index (χ4n) is 1.15. The Labute approximate surface area is 78.4 Å². The van der Waals surface area contributed by atoms with Crippen molar-refractivity contribution in [1.29, 1.82) is 0 Å². The highest BCUT2D eigenvalue weighted by molar-refractivity contribution is 5.60. The van der Waals surface area contributed by atoms with E-state index in [0.717, 1.165) is 0 Å². The molecule has 0 amide bonds. The van der Waals surface area contributed by atoms with Crippen molar-refractivity contribution in [2.75, 3.05) is 0 Å². The Balaban J connectivity index is 2.69. The lowest BCUT2D eigenvalue weighted by Crippen LogP contribution is -2.19. The van der Waals surface area contributed by atoms with E-state index >= 15 is 0 Å². The normalized spacial score (nSPS) is 10.0. The van der Waals surface area contributed by atoms with Gasteiger partial charge in [-0.15, -0.1) is 0 Å². The van der Waals surface area contributed by atoms with E-state index in [1.807, 2.05) is 0 Å². The number of hydrogen-bond donors (Lipinski definition) is 2. The molecule has 2 N–H and O–H groups in total. The summed E-state index contributed by atoms with van der Waals surface area (Å²) in [6.07, 6.45) is 3.13. The van der Waals surface area contributed by atoms with E-state index in [1.165, 1.54) is 12.3 Å². The molecule has 0 aliphatic rings. The molecule has 2 aromatic heterocycles. The zero-order chi connectivity index (χ0) is 9.97. The van der Waals surface area contributed by atoms with Gasteiger partial charge in [0, 0.05) is 24.0 Å². The summed E-state index contributed by atoms with van der Waals surface area (Å²) in [6, 6.07) is 4.67. The summed E-state index contributed by atoms with van der Waals surface area (Å²) in [5.41, 5.74) is 0.266. The quantitative estimate of drug-likeness (QED) is 0.669. The molecular weight excluding hydrogens is 182 g/mol. The number of nitrogens with zero attached hydrogens (tertiary/aromatic N) is 1. The molecule has 0 radical (unpaired) electrons. The van der Waals surface area contributed by atoms with Gasteiger partial charge in [0.25, 0.3) is 11.1 Å². The number of rotatable bonds is 1. The molecule has 5 heteroatoms. The summed E-state index contributed by atoms with van der Waals surface area (Å²) in [5.74, 6) is 0. The van der Waals surface area contributed by atoms with Crippen molar-refractivity contribution in [2.24, 2.45) is 0 Å². The van der Waals surface area contributed by atoms with Crippen LogP contribution < -0.4 is 11.1 Å². The maximum absolute atomic E-state index is 11.3. The molecule has 0 aliphatic heterocycles. The average Bonchev–Trinajstić information content (AvgIpc) is 2.23. The average molecular weight is 189 g/mol. The lowest BCUT2D eigenvalue weighted by atomic mass is 10.1. The maximum Gasteiger partial charge on any atom is 0.270 e. The van der Waals surface area contributed by atoms with Gasteiger partial charge in [-0.05, 0) is 6.07 Å². The Morgan fingerprint density at radius 2 is 2.07 bits per heavy atom. The Kier molecular flexibility index (Phi) is 1.98. The SMILES string of the molecule is O=c1cc(-c2cccnc2)c(=O)[nH][nH]1. The molecule has 2 aromatic rings. The van der Waals surface area contributed by atoms with Gasteiger partial charge in [-0.3, -0.25) is 24.8 Å². The van der Waals surface area contributed by atoms with Crippen molar-refractivity contribution in [1.82, 2.24) is 15.2 Å². The van der Waals surface area contributed by atoms with Crippen LogP contribution in [0.5, 0.6) is 0 Å². The first-order valence-corrected chi connectivity index (χ1v) is 4.00. The molecule has 0 saturated heterocycles. The van der Waals surface area contributed by atoms with Crippen molar-refractivity contribution in [3.8, 4) is 11.1 Å². The van der Waals surface area contributed by atoms with Crippen LogP contribution in [0.2, 0.25) is 0 Å². The largest absolute Gasteiger partial charge is 0.270 e. The molecule has 0 bridgehead atoms. The van der Waals surface area contributed by atoms with E-state index in [2.05, 4.69) is 15.2 Å². The van der Waals surface area contributed by atoms with Gasteiger partial charge in [0.2, 0.25) is 0 Å². The van der Waals surface area contributed by atoms with Crippen LogP contribution in [0.4, 0.5) is 0 Å². The van der Waals surface area contributed by atoms with Crippen LogP contribution in [0.1, 0.15) is 0 Å². The van der Waals surface area contributed by atoms with Gasteiger partial charge < -0.3 is 0 Å². The van der Waals surface area contributed by atoms with Crippen LogP contribution in [0.3, 0.4) is 0 Å². The topological polar surface area (TPSA) is 78.6 Å². The predicted octanol–water partition coefficient (Wildman–Crippen LogP) is 0.125.